The maximum atomic E-state index is 13.2. The number of carbonyl (C=O) groups is 2. The van der Waals surface area contributed by atoms with Gasteiger partial charge in [-0.3, -0.25) is 13.9 Å². The van der Waals surface area contributed by atoms with Gasteiger partial charge in [-0.15, -0.1) is 0 Å². The van der Waals surface area contributed by atoms with E-state index in [9.17, 15) is 18.0 Å². The minimum absolute atomic E-state index is 0.109. The SMILES string of the molecule is CCNC(=O)[C@@H](C)N(Cc1ccc(OC)cc1)C(=O)CCCN(c1ccccc1C)S(C)(=O)=O. The maximum absolute atomic E-state index is 13.2. The lowest BCUT2D eigenvalue weighted by Gasteiger charge is -2.29. The molecule has 0 bridgehead atoms. The molecule has 186 valence electrons. The second kappa shape index (κ2) is 12.4. The smallest absolute Gasteiger partial charge is 0.242 e. The highest BCUT2D eigenvalue weighted by atomic mass is 32.2. The van der Waals surface area contributed by atoms with E-state index in [0.29, 0.717) is 24.4 Å². The van der Waals surface area contributed by atoms with Gasteiger partial charge < -0.3 is 15.0 Å². The van der Waals surface area contributed by atoms with E-state index in [2.05, 4.69) is 5.32 Å². The molecule has 0 spiro atoms. The number of carbonyl (C=O) groups excluding carboxylic acids is 2. The summed E-state index contributed by atoms with van der Waals surface area (Å²) in [7, 11) is -1.94. The maximum Gasteiger partial charge on any atom is 0.242 e. The van der Waals surface area contributed by atoms with Gasteiger partial charge in [0.1, 0.15) is 11.8 Å². The van der Waals surface area contributed by atoms with Gasteiger partial charge in [-0.05, 0) is 56.5 Å². The molecule has 2 aromatic carbocycles. The van der Waals surface area contributed by atoms with Crippen LogP contribution in [0.1, 0.15) is 37.8 Å². The molecule has 0 aliphatic heterocycles. The van der Waals surface area contributed by atoms with Crippen molar-refractivity contribution >= 4 is 27.5 Å². The monoisotopic (exact) mass is 489 g/mol. The molecular formula is C25H35N3O5S. The highest BCUT2D eigenvalue weighted by Crippen LogP contribution is 2.23. The Kier molecular flexibility index (Phi) is 9.92. The van der Waals surface area contributed by atoms with Gasteiger partial charge in [0.25, 0.3) is 0 Å². The Morgan fingerprint density at radius 3 is 2.29 bits per heavy atom. The molecule has 1 atom stereocenters. The Bertz CT molecular complexity index is 1070. The molecule has 0 fully saturated rings. The third-order valence-electron chi connectivity index (χ3n) is 5.57. The summed E-state index contributed by atoms with van der Waals surface area (Å²) in [5, 5.41) is 2.77. The van der Waals surface area contributed by atoms with Gasteiger partial charge in [-0.1, -0.05) is 30.3 Å². The molecule has 0 radical (unpaired) electrons. The number of hydrogen-bond donors (Lipinski definition) is 1. The van der Waals surface area contributed by atoms with E-state index in [-0.39, 0.29) is 31.3 Å². The van der Waals surface area contributed by atoms with Crippen molar-refractivity contribution in [2.45, 2.75) is 46.2 Å². The highest BCUT2D eigenvalue weighted by Gasteiger charge is 2.26. The molecule has 8 nitrogen and oxygen atoms in total. The number of rotatable bonds is 12. The Balaban J connectivity index is 2.16. The fourth-order valence-corrected chi connectivity index (χ4v) is 4.68. The molecule has 0 aliphatic carbocycles. The number of para-hydroxylation sites is 1. The molecule has 0 aliphatic rings. The average Bonchev–Trinajstić information content (AvgIpc) is 2.80. The van der Waals surface area contributed by atoms with E-state index < -0.39 is 16.1 Å². The van der Waals surface area contributed by atoms with Crippen molar-refractivity contribution in [3.63, 3.8) is 0 Å². The molecule has 0 aromatic heterocycles. The third-order valence-corrected chi connectivity index (χ3v) is 6.75. The van der Waals surface area contributed by atoms with Crippen molar-refractivity contribution in [3.8, 4) is 5.75 Å². The lowest BCUT2D eigenvalue weighted by molar-refractivity contribution is -0.140. The Morgan fingerprint density at radius 1 is 1.09 bits per heavy atom. The third kappa shape index (κ3) is 7.48. The zero-order chi connectivity index (χ0) is 25.3. The molecule has 0 saturated carbocycles. The van der Waals surface area contributed by atoms with E-state index in [0.717, 1.165) is 17.4 Å². The van der Waals surface area contributed by atoms with Crippen molar-refractivity contribution in [1.29, 1.82) is 0 Å². The minimum Gasteiger partial charge on any atom is -0.497 e. The van der Waals surface area contributed by atoms with Crippen molar-refractivity contribution < 1.29 is 22.7 Å². The average molecular weight is 490 g/mol. The number of methoxy groups -OCH3 is 1. The first-order chi connectivity index (χ1) is 16.1. The topological polar surface area (TPSA) is 96.0 Å². The second-order valence-electron chi connectivity index (χ2n) is 8.17. The molecule has 0 heterocycles. The lowest BCUT2D eigenvalue weighted by Crippen LogP contribution is -2.47. The fraction of sp³-hybridized carbons (Fsp3) is 0.440. The first-order valence-corrected chi connectivity index (χ1v) is 13.2. The second-order valence-corrected chi connectivity index (χ2v) is 10.1. The Hall–Kier alpha value is -3.07. The van der Waals surface area contributed by atoms with Crippen LogP contribution in [0.4, 0.5) is 5.69 Å². The number of nitrogens with zero attached hydrogens (tertiary/aromatic N) is 2. The summed E-state index contributed by atoms with van der Waals surface area (Å²) in [6.07, 6.45) is 1.59. The van der Waals surface area contributed by atoms with Gasteiger partial charge in [-0.25, -0.2) is 8.42 Å². The largest absolute Gasteiger partial charge is 0.497 e. The van der Waals surface area contributed by atoms with Crippen LogP contribution in [0.2, 0.25) is 0 Å². The number of benzene rings is 2. The van der Waals surface area contributed by atoms with Crippen LogP contribution in [-0.4, -0.2) is 57.6 Å². The van der Waals surface area contributed by atoms with E-state index in [1.807, 2.05) is 38.1 Å². The molecule has 1 N–H and O–H groups in total. The minimum atomic E-state index is -3.52. The summed E-state index contributed by atoms with van der Waals surface area (Å²) in [5.41, 5.74) is 2.30. The Morgan fingerprint density at radius 2 is 1.74 bits per heavy atom. The lowest BCUT2D eigenvalue weighted by atomic mass is 10.1. The predicted octanol–water partition coefficient (Wildman–Crippen LogP) is 3.10. The number of nitrogens with one attached hydrogen (secondary N) is 1. The number of likely N-dealkylation sites (N-methyl/N-ethyl adjacent to an activating group) is 1. The van der Waals surface area contributed by atoms with Crippen molar-refractivity contribution in [2.75, 3.05) is 30.8 Å². The van der Waals surface area contributed by atoms with Gasteiger partial charge in [0.2, 0.25) is 21.8 Å². The normalized spacial score (nSPS) is 12.0. The number of aryl methyl sites for hydroxylation is 1. The van der Waals surface area contributed by atoms with Crippen LogP contribution in [-0.2, 0) is 26.2 Å². The summed E-state index contributed by atoms with van der Waals surface area (Å²) >= 11 is 0. The highest BCUT2D eigenvalue weighted by molar-refractivity contribution is 7.92. The van der Waals surface area contributed by atoms with E-state index in [4.69, 9.17) is 4.74 Å². The molecule has 9 heteroatoms. The van der Waals surface area contributed by atoms with Crippen LogP contribution in [0.5, 0.6) is 5.75 Å². The molecule has 0 saturated heterocycles. The molecule has 2 aromatic rings. The molecular weight excluding hydrogens is 454 g/mol. The quantitative estimate of drug-likeness (QED) is 0.494. The molecule has 0 unspecified atom stereocenters. The van der Waals surface area contributed by atoms with Crippen molar-refractivity contribution in [2.24, 2.45) is 0 Å². The molecule has 2 amide bonds. The van der Waals surface area contributed by atoms with Gasteiger partial charge >= 0.3 is 0 Å². The number of sulfonamides is 1. The summed E-state index contributed by atoms with van der Waals surface area (Å²) in [6, 6.07) is 13.9. The van der Waals surface area contributed by atoms with Gasteiger partial charge in [0, 0.05) is 26.1 Å². The fourth-order valence-electron chi connectivity index (χ4n) is 3.66. The Labute approximate surface area is 202 Å². The van der Waals surface area contributed by atoms with Gasteiger partial charge in [-0.2, -0.15) is 0 Å². The summed E-state index contributed by atoms with van der Waals surface area (Å²) < 4.78 is 31.4. The molecule has 34 heavy (non-hydrogen) atoms. The number of amides is 2. The van der Waals surface area contributed by atoms with Crippen molar-refractivity contribution in [3.05, 3.63) is 59.7 Å². The van der Waals surface area contributed by atoms with Crippen LogP contribution in [0.25, 0.3) is 0 Å². The van der Waals surface area contributed by atoms with E-state index in [1.54, 1.807) is 38.3 Å². The van der Waals surface area contributed by atoms with Gasteiger partial charge in [0.15, 0.2) is 0 Å². The van der Waals surface area contributed by atoms with E-state index >= 15 is 0 Å². The first kappa shape index (κ1) is 27.2. The van der Waals surface area contributed by atoms with Crippen LogP contribution in [0.3, 0.4) is 0 Å². The van der Waals surface area contributed by atoms with Gasteiger partial charge in [0.05, 0.1) is 19.1 Å². The zero-order valence-corrected chi connectivity index (χ0v) is 21.4. The van der Waals surface area contributed by atoms with Crippen LogP contribution >= 0.6 is 0 Å². The predicted molar refractivity (Wildman–Crippen MR) is 134 cm³/mol. The van der Waals surface area contributed by atoms with Crippen LogP contribution in [0, 0.1) is 6.92 Å². The summed E-state index contributed by atoms with van der Waals surface area (Å²) in [4.78, 5) is 27.2. The van der Waals surface area contributed by atoms with E-state index in [1.165, 1.54) is 9.21 Å². The number of ether oxygens (including phenoxy) is 1. The number of anilines is 1. The summed E-state index contributed by atoms with van der Waals surface area (Å²) in [6.45, 7) is 6.26. The molecule has 2 rings (SSSR count). The standard InChI is InChI=1S/C25H35N3O5S/c1-6-26-25(30)20(3)27(18-21-13-15-22(33-4)16-14-21)24(29)12-9-17-28(34(5,31)32)23-11-8-7-10-19(23)2/h7-8,10-11,13-16,20H,6,9,12,17-18H2,1-5H3,(H,26,30)/t20-/m1/s1. The van der Waals surface area contributed by atoms with Crippen LogP contribution in [0.15, 0.2) is 48.5 Å². The first-order valence-electron chi connectivity index (χ1n) is 11.3. The zero-order valence-electron chi connectivity index (χ0n) is 20.6. The summed E-state index contributed by atoms with van der Waals surface area (Å²) in [5.74, 6) is 0.255. The van der Waals surface area contributed by atoms with Crippen LogP contribution < -0.4 is 14.4 Å². The number of hydrogen-bond acceptors (Lipinski definition) is 5. The van der Waals surface area contributed by atoms with Crippen molar-refractivity contribution in [1.82, 2.24) is 10.2 Å².